The van der Waals surface area contributed by atoms with Crippen molar-refractivity contribution in [3.63, 3.8) is 0 Å². The number of primary amides is 1. The number of ether oxygens (including phenoxy) is 2. The van der Waals surface area contributed by atoms with Gasteiger partial charge in [-0.25, -0.2) is 19.6 Å². The average molecular weight is 435 g/mol. The SMILES string of the molecule is CC1(N2SCCN2COc2ncc(OC(N)=O)cc2Br)CCOOC1. The van der Waals surface area contributed by atoms with Gasteiger partial charge in [0.15, 0.2) is 12.5 Å². The van der Waals surface area contributed by atoms with Crippen LogP contribution in [0, 0.1) is 0 Å². The maximum absolute atomic E-state index is 10.8. The zero-order chi connectivity index (χ0) is 17.9. The molecule has 3 heterocycles. The Morgan fingerprint density at radius 2 is 2.40 bits per heavy atom. The minimum atomic E-state index is -0.890. The van der Waals surface area contributed by atoms with E-state index < -0.39 is 6.09 Å². The number of hydrazine groups is 1. The first-order valence-electron chi connectivity index (χ1n) is 7.66. The van der Waals surface area contributed by atoms with Crippen molar-refractivity contribution in [2.75, 3.05) is 32.2 Å². The van der Waals surface area contributed by atoms with E-state index in [4.69, 9.17) is 25.0 Å². The number of aromatic nitrogens is 1. The second-order valence-electron chi connectivity index (χ2n) is 5.82. The highest BCUT2D eigenvalue weighted by atomic mass is 79.9. The number of nitrogens with zero attached hydrogens (tertiary/aromatic N) is 3. The molecule has 1 amide bonds. The van der Waals surface area contributed by atoms with Gasteiger partial charge in [-0.05, 0) is 29.3 Å². The Hall–Kier alpha value is -1.11. The molecule has 2 aliphatic rings. The van der Waals surface area contributed by atoms with E-state index in [-0.39, 0.29) is 11.3 Å². The third-order valence-corrected chi connectivity index (χ3v) is 5.66. The van der Waals surface area contributed by atoms with Crippen LogP contribution in [0.3, 0.4) is 0 Å². The minimum Gasteiger partial charge on any atom is -0.459 e. The van der Waals surface area contributed by atoms with Gasteiger partial charge in [0.25, 0.3) is 0 Å². The summed E-state index contributed by atoms with van der Waals surface area (Å²) in [7, 11) is 0. The van der Waals surface area contributed by atoms with Crippen molar-refractivity contribution in [1.82, 2.24) is 14.4 Å². The Morgan fingerprint density at radius 1 is 1.56 bits per heavy atom. The molecule has 2 saturated heterocycles. The fourth-order valence-electron chi connectivity index (χ4n) is 2.55. The van der Waals surface area contributed by atoms with Gasteiger partial charge in [0, 0.05) is 18.4 Å². The largest absolute Gasteiger partial charge is 0.459 e. The summed E-state index contributed by atoms with van der Waals surface area (Å²) in [4.78, 5) is 25.1. The summed E-state index contributed by atoms with van der Waals surface area (Å²) in [5.41, 5.74) is 4.84. The van der Waals surface area contributed by atoms with Crippen LogP contribution < -0.4 is 15.2 Å². The van der Waals surface area contributed by atoms with Crippen molar-refractivity contribution in [2.24, 2.45) is 5.73 Å². The van der Waals surface area contributed by atoms with Crippen LogP contribution in [-0.2, 0) is 9.78 Å². The van der Waals surface area contributed by atoms with Crippen molar-refractivity contribution in [3.8, 4) is 11.6 Å². The van der Waals surface area contributed by atoms with Gasteiger partial charge in [-0.2, -0.15) is 9.42 Å². The number of rotatable bonds is 5. The van der Waals surface area contributed by atoms with Gasteiger partial charge in [0.1, 0.15) is 6.61 Å². The molecule has 0 radical (unpaired) electrons. The Kier molecular flexibility index (Phi) is 6.02. The number of pyridine rings is 1. The van der Waals surface area contributed by atoms with Crippen LogP contribution in [0.2, 0.25) is 0 Å². The molecule has 1 aromatic rings. The van der Waals surface area contributed by atoms with E-state index in [0.29, 0.717) is 30.3 Å². The molecule has 138 valence electrons. The molecule has 9 nitrogen and oxygen atoms in total. The van der Waals surface area contributed by atoms with Crippen molar-refractivity contribution in [1.29, 1.82) is 0 Å². The lowest BCUT2D eigenvalue weighted by atomic mass is 10.0. The maximum atomic E-state index is 10.8. The van der Waals surface area contributed by atoms with E-state index in [9.17, 15) is 4.79 Å². The van der Waals surface area contributed by atoms with Crippen LogP contribution in [0.15, 0.2) is 16.7 Å². The van der Waals surface area contributed by atoms with Gasteiger partial charge in [-0.3, -0.25) is 0 Å². The molecule has 0 bridgehead atoms. The first kappa shape index (κ1) is 18.7. The summed E-state index contributed by atoms with van der Waals surface area (Å²) in [6.45, 7) is 4.41. The lowest BCUT2D eigenvalue weighted by Gasteiger charge is -2.42. The number of hydrogen-bond acceptors (Lipinski definition) is 9. The molecule has 25 heavy (non-hydrogen) atoms. The number of amides is 1. The zero-order valence-electron chi connectivity index (χ0n) is 13.6. The summed E-state index contributed by atoms with van der Waals surface area (Å²) < 4.78 is 13.4. The van der Waals surface area contributed by atoms with E-state index in [1.54, 1.807) is 18.0 Å². The van der Waals surface area contributed by atoms with Crippen LogP contribution in [0.5, 0.6) is 11.6 Å². The van der Waals surface area contributed by atoms with Gasteiger partial charge in [0.05, 0.1) is 22.8 Å². The highest BCUT2D eigenvalue weighted by Crippen LogP contribution is 2.36. The highest BCUT2D eigenvalue weighted by molar-refractivity contribution is 9.10. The maximum Gasteiger partial charge on any atom is 0.410 e. The predicted octanol–water partition coefficient (Wildman–Crippen LogP) is 1.93. The molecule has 1 atom stereocenters. The quantitative estimate of drug-likeness (QED) is 0.549. The Morgan fingerprint density at radius 3 is 3.08 bits per heavy atom. The highest BCUT2D eigenvalue weighted by Gasteiger charge is 2.42. The number of hydrogen-bond donors (Lipinski definition) is 1. The summed E-state index contributed by atoms with van der Waals surface area (Å²) in [6.07, 6.45) is 1.37. The molecular formula is C14H19BrN4O5S. The third-order valence-electron chi connectivity index (χ3n) is 3.81. The molecule has 1 aromatic heterocycles. The van der Waals surface area contributed by atoms with E-state index in [2.05, 4.69) is 37.3 Å². The van der Waals surface area contributed by atoms with E-state index in [1.807, 2.05) is 0 Å². The Bertz CT molecular complexity index is 631. The predicted molar refractivity (Wildman–Crippen MR) is 93.6 cm³/mol. The molecule has 0 aliphatic carbocycles. The summed E-state index contributed by atoms with van der Waals surface area (Å²) >= 11 is 5.10. The van der Waals surface area contributed by atoms with Gasteiger partial charge in [-0.15, -0.1) is 0 Å². The van der Waals surface area contributed by atoms with Gasteiger partial charge in [0.2, 0.25) is 5.88 Å². The number of carbonyl (C=O) groups excluding carboxylic acids is 1. The van der Waals surface area contributed by atoms with E-state index in [1.165, 1.54) is 6.20 Å². The molecule has 3 rings (SSSR count). The molecule has 11 heteroatoms. The van der Waals surface area contributed by atoms with E-state index >= 15 is 0 Å². The Balaban J connectivity index is 1.61. The van der Waals surface area contributed by atoms with Crippen LogP contribution in [0.1, 0.15) is 13.3 Å². The zero-order valence-corrected chi connectivity index (χ0v) is 16.0. The fraction of sp³-hybridized carbons (Fsp3) is 0.571. The molecule has 0 aromatic carbocycles. The lowest BCUT2D eigenvalue weighted by molar-refractivity contribution is -0.339. The van der Waals surface area contributed by atoms with Gasteiger partial charge < -0.3 is 15.2 Å². The van der Waals surface area contributed by atoms with Crippen molar-refractivity contribution >= 4 is 34.0 Å². The summed E-state index contributed by atoms with van der Waals surface area (Å²) in [5.74, 6) is 1.62. The van der Waals surface area contributed by atoms with Crippen LogP contribution in [0.4, 0.5) is 4.79 Å². The van der Waals surface area contributed by atoms with Crippen LogP contribution in [-0.4, -0.2) is 58.3 Å². The second kappa shape index (κ2) is 8.06. The smallest absolute Gasteiger partial charge is 0.410 e. The summed E-state index contributed by atoms with van der Waals surface area (Å²) in [5, 5.41) is 2.11. The van der Waals surface area contributed by atoms with Crippen molar-refractivity contribution < 1.29 is 24.0 Å². The first-order chi connectivity index (χ1) is 12.0. The number of nitrogens with two attached hydrogens (primary N) is 1. The normalized spacial score (nSPS) is 25.0. The van der Waals surface area contributed by atoms with E-state index in [0.717, 1.165) is 18.7 Å². The lowest BCUT2D eigenvalue weighted by Crippen LogP contribution is -2.55. The van der Waals surface area contributed by atoms with Gasteiger partial charge >= 0.3 is 6.09 Å². The second-order valence-corrected chi connectivity index (χ2v) is 7.69. The number of carbonyl (C=O) groups is 1. The number of halogens is 1. The minimum absolute atomic E-state index is 0.146. The standard InChI is InChI=1S/C14H19BrN4O5S/c1-14(2-4-22-23-8-14)19-18(3-5-25-19)9-21-12-11(15)6-10(7-17-12)24-13(16)20/h6-7H,2-5,8-9H2,1H3,(H2,16,20). The molecular weight excluding hydrogens is 416 g/mol. The topological polar surface area (TPSA) is 99.4 Å². The third kappa shape index (κ3) is 4.54. The Labute approximate surface area is 157 Å². The monoisotopic (exact) mass is 434 g/mol. The van der Waals surface area contributed by atoms with Crippen LogP contribution >= 0.6 is 27.9 Å². The molecule has 2 fully saturated rings. The van der Waals surface area contributed by atoms with Crippen LogP contribution in [0.25, 0.3) is 0 Å². The van der Waals surface area contributed by atoms with Crippen molar-refractivity contribution in [2.45, 2.75) is 18.9 Å². The molecule has 2 aliphatic heterocycles. The molecule has 1 unspecified atom stereocenters. The average Bonchev–Trinajstić information content (AvgIpc) is 3.04. The molecule has 0 saturated carbocycles. The van der Waals surface area contributed by atoms with Gasteiger partial charge in [-0.1, -0.05) is 11.9 Å². The summed E-state index contributed by atoms with van der Waals surface area (Å²) in [6, 6.07) is 1.58. The van der Waals surface area contributed by atoms with Crippen molar-refractivity contribution in [3.05, 3.63) is 16.7 Å². The molecule has 0 spiro atoms. The fourth-order valence-corrected chi connectivity index (χ4v) is 4.21. The first-order valence-corrected chi connectivity index (χ1v) is 9.39. The molecule has 2 N–H and O–H groups in total.